The summed E-state index contributed by atoms with van der Waals surface area (Å²) in [4.78, 5) is 15.7. The summed E-state index contributed by atoms with van der Waals surface area (Å²) < 4.78 is 150. The molecule has 0 bridgehead atoms. The summed E-state index contributed by atoms with van der Waals surface area (Å²) in [5, 5.41) is 6.28. The van der Waals surface area contributed by atoms with Gasteiger partial charge >= 0.3 is 24.4 Å². The molecule has 1 heterocycles. The highest BCUT2D eigenvalue weighted by molar-refractivity contribution is 6.34. The molecule has 19 heteroatoms. The number of rotatable bonds is 8. The van der Waals surface area contributed by atoms with Crippen molar-refractivity contribution < 1.29 is 57.8 Å². The number of nitrogens with one attached hydrogen (secondary N) is 1. The lowest BCUT2D eigenvalue weighted by Crippen LogP contribution is -2.47. The number of aromatic nitrogens is 2. The summed E-state index contributed by atoms with van der Waals surface area (Å²) in [6.07, 6.45) is -20.9. The zero-order valence-corrected chi connectivity index (χ0v) is 21.0. The fraction of sp³-hybridized carbons (Fsp3) is 0.409. The molecular weight excluding hydrogens is 611 g/mol. The van der Waals surface area contributed by atoms with Crippen LogP contribution in [0.1, 0.15) is 23.2 Å². The molecule has 1 aliphatic carbocycles. The maximum absolute atomic E-state index is 14.1. The maximum atomic E-state index is 14.1. The van der Waals surface area contributed by atoms with Gasteiger partial charge in [-0.2, -0.15) is 49.0 Å². The van der Waals surface area contributed by atoms with Crippen molar-refractivity contribution in [2.75, 3.05) is 7.05 Å². The van der Waals surface area contributed by atoms with Gasteiger partial charge in [-0.25, -0.2) is 9.07 Å². The molecule has 0 aliphatic heterocycles. The SMILES string of the molecule is CN=C(C(OC(F)(F)C(F)C(F)(F)F)=C(N)C(F)(F)C(F)(F)F)n1cc(-c2ccc(Cl)c(C(=O)NC3CC3)c2)cn1. The number of carbonyl (C=O) groups is 1. The van der Waals surface area contributed by atoms with E-state index in [2.05, 4.69) is 20.1 Å². The Labute approximate surface area is 227 Å². The van der Waals surface area contributed by atoms with Crippen molar-refractivity contribution in [2.45, 2.75) is 49.4 Å². The Bertz CT molecular complexity index is 1360. The van der Waals surface area contributed by atoms with Crippen LogP contribution in [0.5, 0.6) is 0 Å². The Balaban J connectivity index is 2.09. The van der Waals surface area contributed by atoms with E-state index in [9.17, 15) is 53.1 Å². The van der Waals surface area contributed by atoms with Crippen LogP contribution in [0.4, 0.5) is 48.3 Å². The van der Waals surface area contributed by atoms with Crippen LogP contribution in [0, 0.1) is 0 Å². The number of alkyl halides is 11. The molecule has 2 aromatic rings. The van der Waals surface area contributed by atoms with Gasteiger partial charge in [-0.3, -0.25) is 9.79 Å². The van der Waals surface area contributed by atoms with E-state index < -0.39 is 53.8 Å². The number of hydrogen-bond donors (Lipinski definition) is 2. The maximum Gasteiger partial charge on any atom is 0.459 e. The summed E-state index contributed by atoms with van der Waals surface area (Å²) in [5.41, 5.74) is 2.04. The Morgan fingerprint density at radius 2 is 1.73 bits per heavy atom. The largest absolute Gasteiger partial charge is 0.459 e. The number of hydrogen-bond acceptors (Lipinski definition) is 5. The minimum atomic E-state index is -6.55. The minimum absolute atomic E-state index is 0.0172. The van der Waals surface area contributed by atoms with Crippen LogP contribution in [0.15, 0.2) is 47.0 Å². The average Bonchev–Trinajstić information content (AvgIpc) is 3.54. The molecule has 3 N–H and O–H groups in total. The highest BCUT2D eigenvalue weighted by atomic mass is 35.5. The highest BCUT2D eigenvalue weighted by Crippen LogP contribution is 2.43. The van der Waals surface area contributed by atoms with Gasteiger partial charge in [0.1, 0.15) is 5.70 Å². The van der Waals surface area contributed by atoms with Crippen molar-refractivity contribution in [3.05, 3.63) is 52.6 Å². The number of nitrogens with zero attached hydrogens (tertiary/aromatic N) is 3. The second kappa shape index (κ2) is 11.0. The van der Waals surface area contributed by atoms with Crippen LogP contribution in [0.25, 0.3) is 11.1 Å². The number of halogens is 12. The van der Waals surface area contributed by atoms with Gasteiger partial charge in [0.05, 0.1) is 16.8 Å². The van der Waals surface area contributed by atoms with Gasteiger partial charge in [-0.15, -0.1) is 0 Å². The Kier molecular flexibility index (Phi) is 8.58. The van der Waals surface area contributed by atoms with Gasteiger partial charge in [0.2, 0.25) is 0 Å². The fourth-order valence-electron chi connectivity index (χ4n) is 3.16. The zero-order valence-electron chi connectivity index (χ0n) is 20.2. The summed E-state index contributed by atoms with van der Waals surface area (Å²) in [7, 11) is 0.635. The molecule has 226 valence electrons. The molecule has 1 aliphatic rings. The van der Waals surface area contributed by atoms with E-state index in [0.717, 1.165) is 25.2 Å². The quantitative estimate of drug-likeness (QED) is 0.166. The third-order valence-corrected chi connectivity index (χ3v) is 5.76. The van der Waals surface area contributed by atoms with Crippen LogP contribution in [-0.4, -0.2) is 65.2 Å². The first kappa shape index (κ1) is 32.0. The number of benzene rings is 1. The van der Waals surface area contributed by atoms with E-state index in [1.807, 2.05) is 0 Å². The van der Waals surface area contributed by atoms with Gasteiger partial charge < -0.3 is 15.8 Å². The van der Waals surface area contributed by atoms with E-state index in [1.54, 1.807) is 0 Å². The van der Waals surface area contributed by atoms with E-state index >= 15 is 0 Å². The molecule has 1 aromatic carbocycles. The van der Waals surface area contributed by atoms with Crippen molar-refractivity contribution >= 4 is 23.3 Å². The molecular formula is C22H17ClF11N5O2. The number of carbonyl (C=O) groups excluding carboxylic acids is 1. The lowest BCUT2D eigenvalue weighted by Gasteiger charge is -2.28. The highest BCUT2D eigenvalue weighted by Gasteiger charge is 2.64. The third kappa shape index (κ3) is 6.84. The van der Waals surface area contributed by atoms with Crippen molar-refractivity contribution in [1.29, 1.82) is 0 Å². The first-order chi connectivity index (χ1) is 18.7. The molecule has 0 radical (unpaired) electrons. The molecule has 1 amide bonds. The molecule has 1 saturated carbocycles. The summed E-state index contributed by atoms with van der Waals surface area (Å²) in [6, 6.07) is 3.79. The molecule has 7 nitrogen and oxygen atoms in total. The van der Waals surface area contributed by atoms with Gasteiger partial charge in [0, 0.05) is 24.8 Å². The molecule has 41 heavy (non-hydrogen) atoms. The van der Waals surface area contributed by atoms with E-state index in [4.69, 9.17) is 17.3 Å². The van der Waals surface area contributed by atoms with E-state index in [1.165, 1.54) is 18.2 Å². The Hall–Kier alpha value is -3.57. The molecule has 0 spiro atoms. The normalized spacial score (nSPS) is 16.8. The number of allylic oxidation sites excluding steroid dienone is 2. The molecule has 1 atom stereocenters. The lowest BCUT2D eigenvalue weighted by atomic mass is 10.1. The predicted molar refractivity (Wildman–Crippen MR) is 121 cm³/mol. The Morgan fingerprint density at radius 3 is 2.24 bits per heavy atom. The number of aliphatic imine (C=N–C) groups is 1. The first-order valence-corrected chi connectivity index (χ1v) is 11.4. The molecule has 1 aromatic heterocycles. The second-order valence-corrected chi connectivity index (χ2v) is 8.95. The molecule has 0 saturated heterocycles. The van der Waals surface area contributed by atoms with Crippen LogP contribution >= 0.6 is 11.6 Å². The van der Waals surface area contributed by atoms with Crippen LogP contribution in [-0.2, 0) is 4.74 Å². The number of nitrogens with two attached hydrogens (primary N) is 1. The van der Waals surface area contributed by atoms with Gasteiger partial charge in [0.15, 0.2) is 11.6 Å². The fourth-order valence-corrected chi connectivity index (χ4v) is 3.36. The van der Waals surface area contributed by atoms with Crippen LogP contribution in [0.3, 0.4) is 0 Å². The number of ether oxygens (including phenoxy) is 1. The van der Waals surface area contributed by atoms with Crippen molar-refractivity contribution in [3.8, 4) is 11.1 Å². The lowest BCUT2D eigenvalue weighted by molar-refractivity contribution is -0.323. The Morgan fingerprint density at radius 1 is 1.12 bits per heavy atom. The van der Waals surface area contributed by atoms with Crippen molar-refractivity contribution in [2.24, 2.45) is 10.7 Å². The topological polar surface area (TPSA) is 94.5 Å². The predicted octanol–water partition coefficient (Wildman–Crippen LogP) is 5.85. The third-order valence-electron chi connectivity index (χ3n) is 5.43. The van der Waals surface area contributed by atoms with E-state index in [0.29, 0.717) is 7.05 Å². The zero-order chi connectivity index (χ0) is 31.1. The molecule has 1 unspecified atom stereocenters. The molecule has 3 rings (SSSR count). The van der Waals surface area contributed by atoms with Crippen molar-refractivity contribution in [3.63, 3.8) is 0 Å². The average molecular weight is 628 g/mol. The standard InChI is InChI=1S/C22H17ClF11N5O2/c1-36-16(14(15(35)19(25,26)22(32,33)34)41-21(30,31)18(24)20(27,28)29)39-8-10(7-37-39)9-2-5-13(23)12(6-9)17(40)38-11-3-4-11/h2,5-8,11,18H,3-4,35H2,1H3,(H,38,40). The summed E-state index contributed by atoms with van der Waals surface area (Å²) in [6.45, 7) is 0. The van der Waals surface area contributed by atoms with Crippen molar-refractivity contribution in [1.82, 2.24) is 15.1 Å². The smallest absolute Gasteiger partial charge is 0.424 e. The van der Waals surface area contributed by atoms with Crippen LogP contribution < -0.4 is 11.1 Å². The first-order valence-electron chi connectivity index (χ1n) is 11.1. The second-order valence-electron chi connectivity index (χ2n) is 8.55. The summed E-state index contributed by atoms with van der Waals surface area (Å²) >= 11 is 6.05. The number of amides is 1. The molecule has 1 fully saturated rings. The van der Waals surface area contributed by atoms with Gasteiger partial charge in [-0.05, 0) is 30.5 Å². The van der Waals surface area contributed by atoms with E-state index in [-0.39, 0.29) is 32.4 Å². The summed E-state index contributed by atoms with van der Waals surface area (Å²) in [5.74, 6) is -10.6. The monoisotopic (exact) mass is 627 g/mol. The minimum Gasteiger partial charge on any atom is -0.424 e. The van der Waals surface area contributed by atoms with Gasteiger partial charge in [0.25, 0.3) is 12.1 Å². The van der Waals surface area contributed by atoms with Gasteiger partial charge in [-0.1, -0.05) is 17.7 Å². The van der Waals surface area contributed by atoms with Crippen LogP contribution in [0.2, 0.25) is 5.02 Å².